The zero-order chi connectivity index (χ0) is 22.3. The summed E-state index contributed by atoms with van der Waals surface area (Å²) in [7, 11) is 0. The third-order valence-electron chi connectivity index (χ3n) is 4.76. The molecule has 30 heavy (non-hydrogen) atoms. The van der Waals surface area contributed by atoms with Crippen molar-refractivity contribution < 1.29 is 27.2 Å². The zero-order valence-corrected chi connectivity index (χ0v) is 16.8. The van der Waals surface area contributed by atoms with E-state index in [1.807, 2.05) is 0 Å². The van der Waals surface area contributed by atoms with Crippen molar-refractivity contribution in [1.29, 1.82) is 0 Å². The first-order chi connectivity index (χ1) is 14.1. The fourth-order valence-corrected chi connectivity index (χ4v) is 2.92. The molecule has 2 amide bonds. The summed E-state index contributed by atoms with van der Waals surface area (Å²) in [5, 5.41) is 2.68. The summed E-state index contributed by atoms with van der Waals surface area (Å²) in [6.07, 6.45) is -4.33. The van der Waals surface area contributed by atoms with Crippen LogP contribution in [-0.4, -0.2) is 29.8 Å². The minimum absolute atomic E-state index is 0.0739. The monoisotopic (exact) mass is 424 g/mol. The molecule has 0 saturated carbocycles. The van der Waals surface area contributed by atoms with E-state index in [0.29, 0.717) is 12.1 Å². The topological polar surface area (TPSA) is 49.4 Å². The third-order valence-corrected chi connectivity index (χ3v) is 4.76. The SMILES string of the molecule is CCN(CC(=O)NCc1ccc(F)cc1)C(=O)CC(C)c1ccc(C(F)(F)F)cc1. The van der Waals surface area contributed by atoms with Crippen LogP contribution in [0, 0.1) is 5.82 Å². The van der Waals surface area contributed by atoms with Crippen LogP contribution in [0.4, 0.5) is 17.6 Å². The number of nitrogens with zero attached hydrogens (tertiary/aromatic N) is 1. The second kappa shape index (κ2) is 10.2. The Bertz CT molecular complexity index is 849. The van der Waals surface area contributed by atoms with Gasteiger partial charge in [-0.15, -0.1) is 0 Å². The maximum absolute atomic E-state index is 12.9. The molecule has 8 heteroatoms. The molecule has 1 N–H and O–H groups in total. The van der Waals surface area contributed by atoms with Gasteiger partial charge in [0.25, 0.3) is 0 Å². The van der Waals surface area contributed by atoms with E-state index in [1.165, 1.54) is 29.2 Å². The number of hydrogen-bond donors (Lipinski definition) is 1. The molecule has 1 unspecified atom stereocenters. The molecule has 0 fully saturated rings. The molecule has 2 aromatic rings. The van der Waals surface area contributed by atoms with Crippen molar-refractivity contribution in [3.63, 3.8) is 0 Å². The van der Waals surface area contributed by atoms with E-state index in [-0.39, 0.29) is 43.1 Å². The lowest BCUT2D eigenvalue weighted by atomic mass is 9.96. The van der Waals surface area contributed by atoms with Crippen molar-refractivity contribution in [2.45, 2.75) is 38.9 Å². The molecule has 162 valence electrons. The first kappa shape index (κ1) is 23.4. The average Bonchev–Trinajstić information content (AvgIpc) is 2.70. The molecule has 4 nitrogen and oxygen atoms in total. The molecular weight excluding hydrogens is 400 g/mol. The Morgan fingerprint density at radius 2 is 1.63 bits per heavy atom. The van der Waals surface area contributed by atoms with Gasteiger partial charge < -0.3 is 10.2 Å². The number of carbonyl (C=O) groups excluding carboxylic acids is 2. The Kier molecular flexibility index (Phi) is 7.97. The highest BCUT2D eigenvalue weighted by Gasteiger charge is 2.30. The summed E-state index contributed by atoms with van der Waals surface area (Å²) in [6.45, 7) is 3.91. The zero-order valence-electron chi connectivity index (χ0n) is 16.8. The highest BCUT2D eigenvalue weighted by atomic mass is 19.4. The van der Waals surface area contributed by atoms with Crippen LogP contribution in [-0.2, 0) is 22.3 Å². The van der Waals surface area contributed by atoms with Gasteiger partial charge in [0.2, 0.25) is 11.8 Å². The molecule has 0 aliphatic rings. The number of halogens is 4. The van der Waals surface area contributed by atoms with Crippen LogP contribution in [0.25, 0.3) is 0 Å². The van der Waals surface area contributed by atoms with Crippen molar-refractivity contribution in [1.82, 2.24) is 10.2 Å². The van der Waals surface area contributed by atoms with Gasteiger partial charge in [0.1, 0.15) is 5.82 Å². The molecule has 1 atom stereocenters. The minimum atomic E-state index is -4.40. The van der Waals surface area contributed by atoms with Gasteiger partial charge in [-0.25, -0.2) is 4.39 Å². The largest absolute Gasteiger partial charge is 0.416 e. The Morgan fingerprint density at radius 1 is 1.03 bits per heavy atom. The van der Waals surface area contributed by atoms with Gasteiger partial charge in [-0.2, -0.15) is 13.2 Å². The van der Waals surface area contributed by atoms with Crippen molar-refractivity contribution in [2.75, 3.05) is 13.1 Å². The van der Waals surface area contributed by atoms with Gasteiger partial charge in [-0.1, -0.05) is 31.2 Å². The summed E-state index contributed by atoms with van der Waals surface area (Å²) in [5.74, 6) is -1.27. The average molecular weight is 424 g/mol. The van der Waals surface area contributed by atoms with Crippen LogP contribution in [0.2, 0.25) is 0 Å². The van der Waals surface area contributed by atoms with Gasteiger partial charge in [-0.05, 0) is 48.2 Å². The molecule has 0 spiro atoms. The summed E-state index contributed by atoms with van der Waals surface area (Å²) in [6, 6.07) is 10.4. The highest BCUT2D eigenvalue weighted by molar-refractivity contribution is 5.85. The molecule has 0 aliphatic heterocycles. The molecule has 0 aromatic heterocycles. The van der Waals surface area contributed by atoms with E-state index in [2.05, 4.69) is 5.32 Å². The van der Waals surface area contributed by atoms with E-state index in [4.69, 9.17) is 0 Å². The maximum atomic E-state index is 12.9. The number of nitrogens with one attached hydrogen (secondary N) is 1. The van der Waals surface area contributed by atoms with E-state index in [0.717, 1.165) is 17.7 Å². The smallest absolute Gasteiger partial charge is 0.350 e. The summed E-state index contributed by atoms with van der Waals surface area (Å²) >= 11 is 0. The van der Waals surface area contributed by atoms with Gasteiger partial charge in [-0.3, -0.25) is 9.59 Å². The van der Waals surface area contributed by atoms with Crippen LogP contribution >= 0.6 is 0 Å². The predicted molar refractivity (Wildman–Crippen MR) is 105 cm³/mol. The quantitative estimate of drug-likeness (QED) is 0.635. The molecule has 0 bridgehead atoms. The second-order valence-corrected chi connectivity index (χ2v) is 7.04. The fourth-order valence-electron chi connectivity index (χ4n) is 2.92. The molecular formula is C22H24F4N2O2. The molecule has 2 rings (SSSR count). The normalized spacial score (nSPS) is 12.3. The maximum Gasteiger partial charge on any atom is 0.416 e. The number of alkyl halides is 3. The first-order valence-electron chi connectivity index (χ1n) is 9.56. The van der Waals surface area contributed by atoms with E-state index < -0.39 is 11.7 Å². The van der Waals surface area contributed by atoms with Gasteiger partial charge >= 0.3 is 6.18 Å². The number of likely N-dealkylation sites (N-methyl/N-ethyl adjacent to an activating group) is 1. The van der Waals surface area contributed by atoms with Crippen molar-refractivity contribution >= 4 is 11.8 Å². The molecule has 2 aromatic carbocycles. The van der Waals surface area contributed by atoms with Crippen LogP contribution in [0.5, 0.6) is 0 Å². The van der Waals surface area contributed by atoms with Crippen molar-refractivity contribution in [2.24, 2.45) is 0 Å². The molecule has 0 aliphatic carbocycles. The Hall–Kier alpha value is -2.90. The molecule has 0 saturated heterocycles. The van der Waals surface area contributed by atoms with Gasteiger partial charge in [0.05, 0.1) is 12.1 Å². The van der Waals surface area contributed by atoms with Gasteiger partial charge in [0, 0.05) is 19.5 Å². The van der Waals surface area contributed by atoms with E-state index >= 15 is 0 Å². The lowest BCUT2D eigenvalue weighted by Crippen LogP contribution is -2.40. The standard InChI is InChI=1S/C22H24F4N2O2/c1-3-28(14-20(29)27-13-16-4-10-19(23)11-5-16)21(30)12-15(2)17-6-8-18(9-7-17)22(24,25)26/h4-11,15H,3,12-14H2,1-2H3,(H,27,29). The fraction of sp³-hybridized carbons (Fsp3) is 0.364. The van der Waals surface area contributed by atoms with Crippen LogP contribution in [0.15, 0.2) is 48.5 Å². The lowest BCUT2D eigenvalue weighted by molar-refractivity contribution is -0.137. The van der Waals surface area contributed by atoms with Crippen LogP contribution in [0.3, 0.4) is 0 Å². The number of hydrogen-bond acceptors (Lipinski definition) is 2. The Morgan fingerprint density at radius 3 is 2.17 bits per heavy atom. The van der Waals surface area contributed by atoms with Gasteiger partial charge in [0.15, 0.2) is 0 Å². The highest BCUT2D eigenvalue weighted by Crippen LogP contribution is 2.30. The lowest BCUT2D eigenvalue weighted by Gasteiger charge is -2.22. The van der Waals surface area contributed by atoms with Crippen LogP contribution < -0.4 is 5.32 Å². The van der Waals surface area contributed by atoms with Crippen molar-refractivity contribution in [3.05, 3.63) is 71.0 Å². The number of benzene rings is 2. The van der Waals surface area contributed by atoms with Crippen LogP contribution in [0.1, 0.15) is 42.9 Å². The summed E-state index contributed by atoms with van der Waals surface area (Å²) in [4.78, 5) is 26.1. The van der Waals surface area contributed by atoms with E-state index in [1.54, 1.807) is 26.0 Å². The molecule has 0 heterocycles. The number of amides is 2. The number of rotatable bonds is 8. The first-order valence-corrected chi connectivity index (χ1v) is 9.56. The van der Waals surface area contributed by atoms with Crippen molar-refractivity contribution in [3.8, 4) is 0 Å². The Labute approximate surface area is 172 Å². The third kappa shape index (κ3) is 6.86. The second-order valence-electron chi connectivity index (χ2n) is 7.04. The minimum Gasteiger partial charge on any atom is -0.350 e. The number of carbonyl (C=O) groups is 2. The molecule has 0 radical (unpaired) electrons. The van der Waals surface area contributed by atoms with E-state index in [9.17, 15) is 27.2 Å². The predicted octanol–water partition coefficient (Wildman–Crippen LogP) is 4.50. The Balaban J connectivity index is 1.88. The summed E-state index contributed by atoms with van der Waals surface area (Å²) in [5.41, 5.74) is 0.612. The summed E-state index contributed by atoms with van der Waals surface area (Å²) < 4.78 is 50.9.